The first-order valence-corrected chi connectivity index (χ1v) is 13.8. The molecular formula is C29H38F2N4OS. The van der Waals surface area contributed by atoms with Gasteiger partial charge in [0.2, 0.25) is 0 Å². The van der Waals surface area contributed by atoms with Crippen LogP contribution in [0.25, 0.3) is 16.9 Å². The summed E-state index contributed by atoms with van der Waals surface area (Å²) in [5.41, 5.74) is 8.55. The molecule has 5 nitrogen and oxygen atoms in total. The average Bonchev–Trinajstić information content (AvgIpc) is 3.25. The van der Waals surface area contributed by atoms with Crippen LogP contribution in [-0.2, 0) is 11.3 Å². The van der Waals surface area contributed by atoms with Crippen LogP contribution < -0.4 is 15.8 Å². The van der Waals surface area contributed by atoms with Crippen molar-refractivity contribution in [3.05, 3.63) is 64.7 Å². The standard InChI is InChI=1S/C29H38F2N4OS/c1-5-19(3)13-27(36-6-2)28-23(20-7-8-21(16-32)26(31)14-20)9-10-25(30)24(28)17-35-18-29(33)12-11-22(15-29)37-34-4/h7-10,13-14,19,22,34-35H,5-6,11-12,15,17-18,33H2,1-4H3/b27-13-/t19?,22-,29+/m1/s1. The SMILES string of the molecule is CCO/C(=C\C(C)CC)c1c(-c2ccc(C#N)c(F)c2)ccc(F)c1CNC[C@]1(N)CC[C@@H](SNC)C1. The summed E-state index contributed by atoms with van der Waals surface area (Å²) in [6, 6.07) is 9.38. The molecule has 0 bridgehead atoms. The minimum Gasteiger partial charge on any atom is -0.494 e. The molecule has 1 unspecified atom stereocenters. The highest BCUT2D eigenvalue weighted by atomic mass is 32.2. The number of nitriles is 1. The largest absolute Gasteiger partial charge is 0.494 e. The molecule has 2 aromatic carbocycles. The van der Waals surface area contributed by atoms with E-state index in [4.69, 9.17) is 15.7 Å². The zero-order chi connectivity index (χ0) is 27.0. The number of rotatable bonds is 12. The van der Waals surface area contributed by atoms with Gasteiger partial charge in [-0.3, -0.25) is 4.72 Å². The van der Waals surface area contributed by atoms with E-state index in [0.717, 1.165) is 25.7 Å². The number of halogens is 2. The molecule has 0 heterocycles. The molecule has 1 aliphatic rings. The van der Waals surface area contributed by atoms with Gasteiger partial charge in [-0.1, -0.05) is 37.9 Å². The van der Waals surface area contributed by atoms with Crippen molar-refractivity contribution >= 4 is 17.7 Å². The molecule has 0 spiro atoms. The summed E-state index contributed by atoms with van der Waals surface area (Å²) in [6.45, 7) is 7.26. The quantitative estimate of drug-likeness (QED) is 0.227. The topological polar surface area (TPSA) is 83.1 Å². The number of nitrogens with two attached hydrogens (primary N) is 1. The Bertz CT molecular complexity index is 1150. The zero-order valence-corrected chi connectivity index (χ0v) is 23.0. The number of benzene rings is 2. The summed E-state index contributed by atoms with van der Waals surface area (Å²) in [5, 5.41) is 13.0. The summed E-state index contributed by atoms with van der Waals surface area (Å²) in [6.07, 6.45) is 5.71. The molecule has 1 saturated carbocycles. The Hall–Kier alpha value is -2.44. The Labute approximate surface area is 224 Å². The molecule has 3 atom stereocenters. The lowest BCUT2D eigenvalue weighted by molar-refractivity contribution is 0.295. The van der Waals surface area contributed by atoms with Crippen LogP contribution in [0.15, 0.2) is 36.4 Å². The number of nitrogens with one attached hydrogen (secondary N) is 2. The third kappa shape index (κ3) is 7.32. The van der Waals surface area contributed by atoms with E-state index in [9.17, 15) is 4.39 Å². The Kier molecular flexibility index (Phi) is 10.5. The third-order valence-electron chi connectivity index (χ3n) is 6.94. The van der Waals surface area contributed by atoms with Crippen molar-refractivity contribution in [2.24, 2.45) is 11.7 Å². The molecule has 1 fully saturated rings. The summed E-state index contributed by atoms with van der Waals surface area (Å²) < 4.78 is 39.2. The fraction of sp³-hybridized carbons (Fsp3) is 0.483. The lowest BCUT2D eigenvalue weighted by Gasteiger charge is -2.26. The van der Waals surface area contributed by atoms with Gasteiger partial charge in [0.1, 0.15) is 23.5 Å². The number of allylic oxidation sites excluding steroid dienone is 1. The van der Waals surface area contributed by atoms with Gasteiger partial charge in [0, 0.05) is 35.0 Å². The van der Waals surface area contributed by atoms with E-state index in [1.807, 2.05) is 26.1 Å². The van der Waals surface area contributed by atoms with Crippen LogP contribution in [0, 0.1) is 28.9 Å². The lowest BCUT2D eigenvalue weighted by Crippen LogP contribution is -2.46. The summed E-state index contributed by atoms with van der Waals surface area (Å²) >= 11 is 1.70. The van der Waals surface area contributed by atoms with E-state index in [1.165, 1.54) is 18.2 Å². The first kappa shape index (κ1) is 29.1. The second kappa shape index (κ2) is 13.4. The van der Waals surface area contributed by atoms with Crippen molar-refractivity contribution in [3.63, 3.8) is 0 Å². The van der Waals surface area contributed by atoms with Crippen LogP contribution in [0.4, 0.5) is 8.78 Å². The second-order valence-corrected chi connectivity index (χ2v) is 11.1. The minimum atomic E-state index is -0.612. The zero-order valence-electron chi connectivity index (χ0n) is 22.2. The molecule has 0 aromatic heterocycles. The van der Waals surface area contributed by atoms with E-state index in [-0.39, 0.29) is 29.4 Å². The molecule has 8 heteroatoms. The van der Waals surface area contributed by atoms with Gasteiger partial charge in [-0.05, 0) is 81.0 Å². The van der Waals surface area contributed by atoms with Crippen LogP contribution in [0.1, 0.15) is 63.1 Å². The normalized spacial score (nSPS) is 20.6. The van der Waals surface area contributed by atoms with E-state index >= 15 is 4.39 Å². The Balaban J connectivity index is 2.02. The van der Waals surface area contributed by atoms with Crippen LogP contribution in [-0.4, -0.2) is 31.0 Å². The van der Waals surface area contributed by atoms with Gasteiger partial charge in [-0.25, -0.2) is 8.78 Å². The predicted octanol–water partition coefficient (Wildman–Crippen LogP) is 6.13. The fourth-order valence-electron chi connectivity index (χ4n) is 4.80. The maximum Gasteiger partial charge on any atom is 0.141 e. The van der Waals surface area contributed by atoms with E-state index in [0.29, 0.717) is 46.4 Å². The van der Waals surface area contributed by atoms with Crippen LogP contribution in [0.2, 0.25) is 0 Å². The maximum atomic E-state index is 15.4. The van der Waals surface area contributed by atoms with Crippen molar-refractivity contribution in [2.75, 3.05) is 20.2 Å². The molecule has 0 saturated heterocycles. The first-order valence-electron chi connectivity index (χ1n) is 12.9. The third-order valence-corrected chi connectivity index (χ3v) is 7.92. The number of ether oxygens (including phenoxy) is 1. The number of hydrogen-bond acceptors (Lipinski definition) is 6. The van der Waals surface area contributed by atoms with Crippen molar-refractivity contribution in [1.29, 1.82) is 5.26 Å². The lowest BCUT2D eigenvalue weighted by atomic mass is 9.91. The maximum absolute atomic E-state index is 15.4. The van der Waals surface area contributed by atoms with Crippen LogP contribution in [0.5, 0.6) is 0 Å². The van der Waals surface area contributed by atoms with E-state index in [2.05, 4.69) is 23.9 Å². The Morgan fingerprint density at radius 1 is 1.30 bits per heavy atom. The molecular weight excluding hydrogens is 490 g/mol. The van der Waals surface area contributed by atoms with Gasteiger partial charge in [-0.2, -0.15) is 5.26 Å². The highest BCUT2D eigenvalue weighted by molar-refractivity contribution is 7.98. The van der Waals surface area contributed by atoms with Gasteiger partial charge in [0.25, 0.3) is 0 Å². The summed E-state index contributed by atoms with van der Waals surface area (Å²) in [5.74, 6) is -0.208. The van der Waals surface area contributed by atoms with Crippen molar-refractivity contribution in [3.8, 4) is 17.2 Å². The van der Waals surface area contributed by atoms with Gasteiger partial charge >= 0.3 is 0 Å². The second-order valence-electron chi connectivity index (χ2n) is 9.76. The summed E-state index contributed by atoms with van der Waals surface area (Å²) in [7, 11) is 1.92. The van der Waals surface area contributed by atoms with E-state index < -0.39 is 5.82 Å². The molecule has 0 aliphatic heterocycles. The monoisotopic (exact) mass is 528 g/mol. The number of hydrogen-bond donors (Lipinski definition) is 3. The predicted molar refractivity (Wildman–Crippen MR) is 148 cm³/mol. The molecule has 1 aliphatic carbocycles. The van der Waals surface area contributed by atoms with Gasteiger partial charge in [-0.15, -0.1) is 0 Å². The molecule has 4 N–H and O–H groups in total. The molecule has 2 aromatic rings. The van der Waals surface area contributed by atoms with Crippen molar-refractivity contribution in [2.45, 2.75) is 63.8 Å². The minimum absolute atomic E-state index is 0.0333. The smallest absolute Gasteiger partial charge is 0.141 e. The Morgan fingerprint density at radius 3 is 2.73 bits per heavy atom. The highest BCUT2D eigenvalue weighted by Gasteiger charge is 2.35. The Morgan fingerprint density at radius 2 is 2.08 bits per heavy atom. The molecule has 200 valence electrons. The molecule has 3 rings (SSSR count). The van der Waals surface area contributed by atoms with Gasteiger partial charge in [0.15, 0.2) is 0 Å². The van der Waals surface area contributed by atoms with Gasteiger partial charge < -0.3 is 15.8 Å². The van der Waals surface area contributed by atoms with Gasteiger partial charge in [0.05, 0.1) is 12.2 Å². The summed E-state index contributed by atoms with van der Waals surface area (Å²) in [4.78, 5) is 0. The van der Waals surface area contributed by atoms with Crippen molar-refractivity contribution in [1.82, 2.24) is 10.0 Å². The van der Waals surface area contributed by atoms with Crippen LogP contribution >= 0.6 is 11.9 Å². The molecule has 0 radical (unpaired) electrons. The fourth-order valence-corrected chi connectivity index (χ4v) is 5.78. The van der Waals surface area contributed by atoms with Crippen molar-refractivity contribution < 1.29 is 13.5 Å². The average molecular weight is 529 g/mol. The molecule has 0 amide bonds. The number of nitrogens with zero attached hydrogens (tertiary/aromatic N) is 1. The highest BCUT2D eigenvalue weighted by Crippen LogP contribution is 2.37. The molecule has 37 heavy (non-hydrogen) atoms. The van der Waals surface area contributed by atoms with E-state index in [1.54, 1.807) is 24.1 Å². The first-order chi connectivity index (χ1) is 17.7. The van der Waals surface area contributed by atoms with Crippen LogP contribution in [0.3, 0.4) is 0 Å².